The Bertz CT molecular complexity index is 687. The molecule has 14 heteroatoms. The van der Waals surface area contributed by atoms with Crippen LogP contribution in [0, 0.1) is 5.92 Å². The van der Waals surface area contributed by atoms with Gasteiger partial charge in [0.25, 0.3) is 0 Å². The van der Waals surface area contributed by atoms with Crippen molar-refractivity contribution in [3.05, 3.63) is 0 Å². The maximum absolute atomic E-state index is 12.6. The molecule has 0 aromatic heterocycles. The van der Waals surface area contributed by atoms with E-state index in [1.54, 1.807) is 13.8 Å². The van der Waals surface area contributed by atoms with Crippen LogP contribution in [0.3, 0.4) is 0 Å². The van der Waals surface area contributed by atoms with Crippen LogP contribution in [0.2, 0.25) is 0 Å². The Morgan fingerprint density at radius 3 is 1.70 bits per heavy atom. The van der Waals surface area contributed by atoms with Gasteiger partial charge >= 0.3 is 5.97 Å². The number of carbonyl (C=O) groups excluding carboxylic acids is 5. The van der Waals surface area contributed by atoms with E-state index in [0.29, 0.717) is 0 Å². The lowest BCUT2D eigenvalue weighted by Gasteiger charge is -2.26. The highest BCUT2D eigenvalue weighted by atomic mass is 32.1. The number of nitrogens with two attached hydrogens (primary N) is 3. The molecule has 5 amide bonds. The van der Waals surface area contributed by atoms with E-state index in [1.807, 2.05) is 0 Å². The summed E-state index contributed by atoms with van der Waals surface area (Å²) >= 11 is 3.87. The van der Waals surface area contributed by atoms with Gasteiger partial charge in [-0.25, -0.2) is 4.79 Å². The molecule has 4 unspecified atom stereocenters. The fraction of sp³-hybridized carbons (Fsp3) is 0.625. The van der Waals surface area contributed by atoms with Crippen LogP contribution in [-0.4, -0.2) is 70.5 Å². The molecule has 0 aliphatic rings. The van der Waals surface area contributed by atoms with Crippen LogP contribution in [0.15, 0.2) is 0 Å². The second-order valence-corrected chi connectivity index (χ2v) is 7.19. The summed E-state index contributed by atoms with van der Waals surface area (Å²) in [4.78, 5) is 70.5. The summed E-state index contributed by atoms with van der Waals surface area (Å²) in [6, 6.07) is -5.32. The van der Waals surface area contributed by atoms with E-state index >= 15 is 0 Å². The minimum absolute atomic E-state index is 0.0236. The average molecular weight is 449 g/mol. The van der Waals surface area contributed by atoms with E-state index < -0.39 is 78.4 Å². The third-order valence-corrected chi connectivity index (χ3v) is 4.23. The van der Waals surface area contributed by atoms with Crippen LogP contribution in [-0.2, 0) is 28.8 Å². The fourth-order valence-corrected chi connectivity index (χ4v) is 2.39. The molecular weight excluding hydrogens is 420 g/mol. The predicted molar refractivity (Wildman–Crippen MR) is 108 cm³/mol. The molecule has 0 radical (unpaired) electrons. The number of carboxylic acids is 1. The average Bonchev–Trinajstić information content (AvgIpc) is 2.62. The third-order valence-electron chi connectivity index (χ3n) is 3.84. The number of amides is 5. The Hall–Kier alpha value is -2.87. The number of carboxylic acid groups (broad SMARTS) is 1. The van der Waals surface area contributed by atoms with Crippen molar-refractivity contribution in [2.24, 2.45) is 23.1 Å². The molecule has 0 heterocycles. The van der Waals surface area contributed by atoms with Crippen molar-refractivity contribution in [1.82, 2.24) is 16.0 Å². The van der Waals surface area contributed by atoms with Crippen molar-refractivity contribution in [3.8, 4) is 0 Å². The normalized spacial score (nSPS) is 14.7. The lowest BCUT2D eigenvalue weighted by Crippen LogP contribution is -2.59. The van der Waals surface area contributed by atoms with Crippen LogP contribution < -0.4 is 33.2 Å². The molecule has 0 bridgehead atoms. The van der Waals surface area contributed by atoms with Crippen molar-refractivity contribution in [2.45, 2.75) is 50.9 Å². The first-order valence-electron chi connectivity index (χ1n) is 8.87. The lowest BCUT2D eigenvalue weighted by atomic mass is 10.0. The molecule has 170 valence electrons. The zero-order valence-corrected chi connectivity index (χ0v) is 17.5. The fourth-order valence-electron chi connectivity index (χ4n) is 2.22. The van der Waals surface area contributed by atoms with Gasteiger partial charge < -0.3 is 38.3 Å². The van der Waals surface area contributed by atoms with Crippen LogP contribution in [0.4, 0.5) is 0 Å². The van der Waals surface area contributed by atoms with Gasteiger partial charge in [0.05, 0.1) is 18.9 Å². The predicted octanol–water partition coefficient (Wildman–Crippen LogP) is -3.81. The van der Waals surface area contributed by atoms with Gasteiger partial charge in [0.2, 0.25) is 29.5 Å². The summed E-state index contributed by atoms with van der Waals surface area (Å²) in [5.74, 6) is -6.45. The summed E-state index contributed by atoms with van der Waals surface area (Å²) in [5.41, 5.74) is 15.6. The summed E-state index contributed by atoms with van der Waals surface area (Å²) < 4.78 is 0. The van der Waals surface area contributed by atoms with Gasteiger partial charge in [0, 0.05) is 5.75 Å². The van der Waals surface area contributed by atoms with Crippen LogP contribution in [0.25, 0.3) is 0 Å². The molecule has 0 saturated heterocycles. The van der Waals surface area contributed by atoms with Crippen molar-refractivity contribution in [1.29, 1.82) is 0 Å². The highest BCUT2D eigenvalue weighted by Gasteiger charge is 2.32. The molecule has 30 heavy (non-hydrogen) atoms. The zero-order valence-electron chi connectivity index (χ0n) is 16.6. The van der Waals surface area contributed by atoms with E-state index in [0.717, 1.165) is 0 Å². The number of rotatable bonds is 13. The molecule has 0 saturated carbocycles. The maximum Gasteiger partial charge on any atom is 0.326 e. The molecule has 4 atom stereocenters. The van der Waals surface area contributed by atoms with Gasteiger partial charge in [-0.05, 0) is 5.92 Å². The van der Waals surface area contributed by atoms with Crippen molar-refractivity contribution in [2.75, 3.05) is 5.75 Å². The Labute approximate surface area is 178 Å². The Morgan fingerprint density at radius 2 is 1.30 bits per heavy atom. The second-order valence-electron chi connectivity index (χ2n) is 6.82. The SMILES string of the molecule is CC(C)C(NC(=O)C(CC(N)=O)NC(=O)C(N)CS)C(=O)NC(CC(N)=O)C(=O)O. The standard InChI is InChI=1S/C16H28N6O7S/c1-6(2)12(15(27)21-9(16(28)29)4-11(19)24)22-14(26)8(3-10(18)23)20-13(25)7(17)5-30/h6-9,12,30H,3-5,17H2,1-2H3,(H2,18,23)(H2,19,24)(H,20,25)(H,21,27)(H,22,26)(H,28,29). The number of nitrogens with one attached hydrogen (secondary N) is 3. The minimum atomic E-state index is -1.59. The molecule has 0 aromatic rings. The highest BCUT2D eigenvalue weighted by Crippen LogP contribution is 2.05. The number of aliphatic carboxylic acids is 1. The largest absolute Gasteiger partial charge is 0.480 e. The smallest absolute Gasteiger partial charge is 0.326 e. The molecule has 10 N–H and O–H groups in total. The highest BCUT2D eigenvalue weighted by molar-refractivity contribution is 7.80. The van der Waals surface area contributed by atoms with Crippen molar-refractivity contribution >= 4 is 48.1 Å². The molecule has 0 fully saturated rings. The van der Waals surface area contributed by atoms with Gasteiger partial charge in [0.1, 0.15) is 18.1 Å². The van der Waals surface area contributed by atoms with E-state index in [-0.39, 0.29) is 5.75 Å². The van der Waals surface area contributed by atoms with Crippen molar-refractivity contribution < 1.29 is 33.9 Å². The first-order valence-corrected chi connectivity index (χ1v) is 9.50. The Balaban J connectivity index is 5.42. The minimum Gasteiger partial charge on any atom is -0.480 e. The number of thiol groups is 1. The van der Waals surface area contributed by atoms with Crippen molar-refractivity contribution in [3.63, 3.8) is 0 Å². The summed E-state index contributed by atoms with van der Waals surface area (Å²) in [7, 11) is 0. The van der Waals surface area contributed by atoms with Gasteiger partial charge in [-0.3, -0.25) is 24.0 Å². The molecule has 0 rings (SSSR count). The summed E-state index contributed by atoms with van der Waals surface area (Å²) in [5, 5.41) is 15.8. The molecule has 0 spiro atoms. The topological polar surface area (TPSA) is 237 Å². The van der Waals surface area contributed by atoms with Gasteiger partial charge in [-0.2, -0.15) is 12.6 Å². The lowest BCUT2D eigenvalue weighted by molar-refractivity contribution is -0.144. The summed E-state index contributed by atoms with van der Waals surface area (Å²) in [6.45, 7) is 3.12. The third kappa shape index (κ3) is 9.56. The van der Waals surface area contributed by atoms with Crippen LogP contribution in [0.1, 0.15) is 26.7 Å². The zero-order chi connectivity index (χ0) is 23.6. The van der Waals surface area contributed by atoms with Gasteiger partial charge in [-0.1, -0.05) is 13.8 Å². The van der Waals surface area contributed by atoms with Crippen LogP contribution in [0.5, 0.6) is 0 Å². The molecule has 0 aliphatic heterocycles. The molecule has 13 nitrogen and oxygen atoms in total. The quantitative estimate of drug-likeness (QED) is 0.130. The van der Waals surface area contributed by atoms with E-state index in [1.165, 1.54) is 0 Å². The Kier molecular flexibility index (Phi) is 11.4. The Morgan fingerprint density at radius 1 is 0.833 bits per heavy atom. The van der Waals surface area contributed by atoms with Gasteiger partial charge in [-0.15, -0.1) is 0 Å². The van der Waals surface area contributed by atoms with E-state index in [4.69, 9.17) is 22.3 Å². The summed E-state index contributed by atoms with van der Waals surface area (Å²) in [6.07, 6.45) is -1.22. The second kappa shape index (κ2) is 12.6. The number of hydrogen-bond acceptors (Lipinski definition) is 8. The number of hydrogen-bond donors (Lipinski definition) is 8. The number of carbonyl (C=O) groups is 6. The molecular formula is C16H28N6O7S. The van der Waals surface area contributed by atoms with Gasteiger partial charge in [0.15, 0.2) is 0 Å². The maximum atomic E-state index is 12.6. The monoisotopic (exact) mass is 448 g/mol. The molecule has 0 aliphatic carbocycles. The van der Waals surface area contributed by atoms with Crippen LogP contribution >= 0.6 is 12.6 Å². The first-order chi connectivity index (χ1) is 13.8. The first kappa shape index (κ1) is 27.1. The molecule has 0 aromatic carbocycles. The number of primary amides is 2. The van der Waals surface area contributed by atoms with E-state index in [2.05, 4.69) is 28.6 Å². The van der Waals surface area contributed by atoms with E-state index in [9.17, 15) is 28.8 Å².